The quantitative estimate of drug-likeness (QED) is 0.316. The zero-order valence-corrected chi connectivity index (χ0v) is 20.3. The summed E-state index contributed by atoms with van der Waals surface area (Å²) in [5.74, 6) is 0. The second-order valence-corrected chi connectivity index (χ2v) is 9.31. The number of nitrogens with zero attached hydrogens (tertiary/aromatic N) is 2. The first-order chi connectivity index (χ1) is 16.6. The van der Waals surface area contributed by atoms with E-state index in [1.54, 1.807) is 63.4 Å². The van der Waals surface area contributed by atoms with E-state index < -0.39 is 17.8 Å². The Hall–Kier alpha value is -4.04. The molecular formula is C26H25ClN4O4. The van der Waals surface area contributed by atoms with Crippen LogP contribution < -0.4 is 11.1 Å². The van der Waals surface area contributed by atoms with Gasteiger partial charge in [0.15, 0.2) is 0 Å². The maximum Gasteiger partial charge on any atom is 0.420 e. The van der Waals surface area contributed by atoms with Crippen molar-refractivity contribution in [2.45, 2.75) is 33.0 Å². The third-order valence-corrected chi connectivity index (χ3v) is 5.36. The fourth-order valence-corrected chi connectivity index (χ4v) is 3.67. The fraction of sp³-hybridized carbons (Fsp3) is 0.192. The number of fused-ring (bicyclic) bond motifs is 1. The van der Waals surface area contributed by atoms with Gasteiger partial charge in [0.25, 0.3) is 0 Å². The van der Waals surface area contributed by atoms with Gasteiger partial charge in [0.2, 0.25) is 0 Å². The minimum atomic E-state index is -0.683. The molecule has 0 unspecified atom stereocenters. The maximum absolute atomic E-state index is 12.9. The van der Waals surface area contributed by atoms with E-state index in [-0.39, 0.29) is 6.61 Å². The van der Waals surface area contributed by atoms with Gasteiger partial charge in [0.1, 0.15) is 17.9 Å². The number of halogens is 1. The number of anilines is 2. The first-order valence-corrected chi connectivity index (χ1v) is 11.3. The lowest BCUT2D eigenvalue weighted by atomic mass is 10.1. The number of nitrogens with one attached hydrogen (secondary N) is 1. The van der Waals surface area contributed by atoms with Crippen molar-refractivity contribution in [3.05, 3.63) is 77.6 Å². The molecule has 0 fully saturated rings. The molecule has 0 aliphatic heterocycles. The first-order valence-electron chi connectivity index (χ1n) is 10.9. The highest BCUT2D eigenvalue weighted by Crippen LogP contribution is 2.33. The molecule has 0 spiro atoms. The van der Waals surface area contributed by atoms with Crippen molar-refractivity contribution < 1.29 is 19.1 Å². The Morgan fingerprint density at radius 1 is 1.11 bits per heavy atom. The van der Waals surface area contributed by atoms with Crippen LogP contribution in [0, 0.1) is 0 Å². The van der Waals surface area contributed by atoms with Gasteiger partial charge in [-0.3, -0.25) is 5.32 Å². The third-order valence-electron chi connectivity index (χ3n) is 4.99. The van der Waals surface area contributed by atoms with Crippen molar-refractivity contribution in [3.63, 3.8) is 0 Å². The van der Waals surface area contributed by atoms with Crippen LogP contribution in [0.4, 0.5) is 21.0 Å². The fourth-order valence-electron chi connectivity index (χ4n) is 3.48. The van der Waals surface area contributed by atoms with Crippen molar-refractivity contribution >= 4 is 46.2 Å². The first kappa shape index (κ1) is 24.1. The number of benzene rings is 2. The molecule has 0 saturated heterocycles. The molecule has 0 bridgehead atoms. The Bertz CT molecular complexity index is 1410. The standard InChI is InChI=1S/C26H25ClN4O4/c1-26(2,3)35-25(33)31-14-21(16-8-6-9-18(28)11-16)20-12-19(13-29-23(20)31)30-24(32)34-15-17-7-4-5-10-22(17)27/h4-14H,15,28H2,1-3H3,(H,30,32). The topological polar surface area (TPSA) is 108 Å². The van der Waals surface area contributed by atoms with Crippen LogP contribution in [0.25, 0.3) is 22.2 Å². The summed E-state index contributed by atoms with van der Waals surface area (Å²) in [7, 11) is 0. The van der Waals surface area contributed by atoms with Gasteiger partial charge < -0.3 is 15.2 Å². The summed E-state index contributed by atoms with van der Waals surface area (Å²) in [6, 6.07) is 16.1. The van der Waals surface area contributed by atoms with E-state index in [1.165, 1.54) is 10.8 Å². The number of rotatable bonds is 4. The van der Waals surface area contributed by atoms with E-state index in [2.05, 4.69) is 10.3 Å². The second-order valence-electron chi connectivity index (χ2n) is 8.91. The summed E-state index contributed by atoms with van der Waals surface area (Å²) >= 11 is 6.12. The highest BCUT2D eigenvalue weighted by molar-refractivity contribution is 6.31. The summed E-state index contributed by atoms with van der Waals surface area (Å²) in [4.78, 5) is 29.7. The molecule has 0 saturated carbocycles. The number of carbonyl (C=O) groups excluding carboxylic acids is 2. The number of hydrogen-bond donors (Lipinski definition) is 2. The third kappa shape index (κ3) is 5.73. The van der Waals surface area contributed by atoms with Gasteiger partial charge in [-0.25, -0.2) is 19.1 Å². The Balaban J connectivity index is 1.65. The molecular weight excluding hydrogens is 468 g/mol. The van der Waals surface area contributed by atoms with Crippen molar-refractivity contribution in [2.24, 2.45) is 0 Å². The molecule has 8 nitrogen and oxygen atoms in total. The van der Waals surface area contributed by atoms with Crippen molar-refractivity contribution in [1.82, 2.24) is 9.55 Å². The number of pyridine rings is 1. The highest BCUT2D eigenvalue weighted by atomic mass is 35.5. The molecule has 180 valence electrons. The van der Waals surface area contributed by atoms with Gasteiger partial charge in [-0.1, -0.05) is 41.9 Å². The van der Waals surface area contributed by atoms with Gasteiger partial charge in [-0.15, -0.1) is 0 Å². The summed E-state index contributed by atoms with van der Waals surface area (Å²) in [6.45, 7) is 5.39. The van der Waals surface area contributed by atoms with E-state index in [0.29, 0.717) is 38.6 Å². The lowest BCUT2D eigenvalue weighted by Gasteiger charge is -2.19. The number of carbonyl (C=O) groups is 2. The summed E-state index contributed by atoms with van der Waals surface area (Å²) in [5, 5.41) is 3.82. The van der Waals surface area contributed by atoms with Crippen LogP contribution in [-0.2, 0) is 16.1 Å². The minimum absolute atomic E-state index is 0.0186. The number of hydrogen-bond acceptors (Lipinski definition) is 6. The zero-order chi connectivity index (χ0) is 25.2. The largest absolute Gasteiger partial charge is 0.444 e. The zero-order valence-electron chi connectivity index (χ0n) is 19.5. The van der Waals surface area contributed by atoms with Gasteiger partial charge in [-0.05, 0) is 50.6 Å². The molecule has 1 amide bonds. The second kappa shape index (κ2) is 9.68. The number of amides is 1. The van der Waals surface area contributed by atoms with E-state index in [9.17, 15) is 9.59 Å². The monoisotopic (exact) mass is 492 g/mol. The van der Waals surface area contributed by atoms with E-state index in [1.807, 2.05) is 18.2 Å². The Morgan fingerprint density at radius 3 is 2.60 bits per heavy atom. The number of nitrogen functional groups attached to an aromatic ring is 1. The van der Waals surface area contributed by atoms with Crippen molar-refractivity contribution in [3.8, 4) is 11.1 Å². The van der Waals surface area contributed by atoms with Gasteiger partial charge in [0.05, 0.1) is 11.9 Å². The molecule has 4 aromatic rings. The van der Waals surface area contributed by atoms with Crippen LogP contribution in [-0.4, -0.2) is 27.3 Å². The van der Waals surface area contributed by atoms with E-state index in [0.717, 1.165) is 5.56 Å². The van der Waals surface area contributed by atoms with Crippen LogP contribution in [0.1, 0.15) is 26.3 Å². The highest BCUT2D eigenvalue weighted by Gasteiger charge is 2.22. The SMILES string of the molecule is CC(C)(C)OC(=O)n1cc(-c2cccc(N)c2)c2cc(NC(=O)OCc3ccccc3Cl)cnc21. The number of aromatic nitrogens is 2. The average Bonchev–Trinajstić information content (AvgIpc) is 3.16. The molecule has 2 aromatic carbocycles. The molecule has 3 N–H and O–H groups in total. The average molecular weight is 493 g/mol. The molecule has 35 heavy (non-hydrogen) atoms. The number of ether oxygens (including phenoxy) is 2. The molecule has 2 heterocycles. The summed E-state index contributed by atoms with van der Waals surface area (Å²) in [5.41, 5.74) is 8.84. The minimum Gasteiger partial charge on any atom is -0.444 e. The van der Waals surface area contributed by atoms with Crippen molar-refractivity contribution in [1.29, 1.82) is 0 Å². The number of nitrogens with two attached hydrogens (primary N) is 1. The molecule has 9 heteroatoms. The molecule has 0 aliphatic carbocycles. The van der Waals surface area contributed by atoms with E-state index in [4.69, 9.17) is 26.8 Å². The lowest BCUT2D eigenvalue weighted by molar-refractivity contribution is 0.0543. The summed E-state index contributed by atoms with van der Waals surface area (Å²) < 4.78 is 12.2. The van der Waals surface area contributed by atoms with Crippen molar-refractivity contribution in [2.75, 3.05) is 11.1 Å². The molecule has 0 atom stereocenters. The van der Waals surface area contributed by atoms with Crippen LogP contribution in [0.5, 0.6) is 0 Å². The Morgan fingerprint density at radius 2 is 1.89 bits per heavy atom. The van der Waals surface area contributed by atoms with Gasteiger partial charge in [0, 0.05) is 33.4 Å². The Labute approximate surface area is 207 Å². The van der Waals surface area contributed by atoms with E-state index >= 15 is 0 Å². The lowest BCUT2D eigenvalue weighted by Crippen LogP contribution is -2.26. The van der Waals surface area contributed by atoms with Crippen LogP contribution in [0.2, 0.25) is 5.02 Å². The predicted octanol–water partition coefficient (Wildman–Crippen LogP) is 6.47. The smallest absolute Gasteiger partial charge is 0.420 e. The van der Waals surface area contributed by atoms with Crippen LogP contribution in [0.15, 0.2) is 67.0 Å². The van der Waals surface area contributed by atoms with Gasteiger partial charge in [-0.2, -0.15) is 0 Å². The van der Waals surface area contributed by atoms with Crippen LogP contribution >= 0.6 is 11.6 Å². The molecule has 2 aromatic heterocycles. The van der Waals surface area contributed by atoms with Gasteiger partial charge >= 0.3 is 12.2 Å². The summed E-state index contributed by atoms with van der Waals surface area (Å²) in [6.07, 6.45) is 1.87. The normalized spacial score (nSPS) is 11.3. The predicted molar refractivity (Wildman–Crippen MR) is 136 cm³/mol. The molecule has 0 aliphatic rings. The molecule has 4 rings (SSSR count). The van der Waals surface area contributed by atoms with Crippen LogP contribution in [0.3, 0.4) is 0 Å². The maximum atomic E-state index is 12.9. The molecule has 0 radical (unpaired) electrons. The Kier molecular flexibility index (Phi) is 6.66.